The predicted molar refractivity (Wildman–Crippen MR) is 69.9 cm³/mol. The fourth-order valence-electron chi connectivity index (χ4n) is 1.90. The van der Waals surface area contributed by atoms with E-state index >= 15 is 0 Å². The van der Waals surface area contributed by atoms with Gasteiger partial charge in [-0.05, 0) is 11.2 Å². The van der Waals surface area contributed by atoms with Crippen LogP contribution in [0.1, 0.15) is 0 Å². The van der Waals surface area contributed by atoms with Crippen molar-refractivity contribution in [2.75, 3.05) is 0 Å². The zero-order valence-electron chi connectivity index (χ0n) is 9.93. The lowest BCUT2D eigenvalue weighted by atomic mass is 10.2. The second-order valence-electron chi connectivity index (χ2n) is 4.12. The fraction of sp³-hybridized carbons (Fsp3) is 0. The van der Waals surface area contributed by atoms with Crippen LogP contribution in [0.2, 0.25) is 0 Å². The van der Waals surface area contributed by atoms with Crippen LogP contribution in [-0.2, 0) is 0 Å². The molecule has 0 amide bonds. The minimum Gasteiger partial charge on any atom is -0.258 e. The first-order valence-electron chi connectivity index (χ1n) is 5.75. The van der Waals surface area contributed by atoms with E-state index in [1.54, 1.807) is 23.0 Å². The van der Waals surface area contributed by atoms with Crippen molar-refractivity contribution in [1.82, 2.24) is 5.10 Å². The van der Waals surface area contributed by atoms with Crippen molar-refractivity contribution in [1.29, 1.82) is 0 Å². The summed E-state index contributed by atoms with van der Waals surface area (Å²) in [4.78, 5) is 10.2. The smallest absolute Gasteiger partial charge is 0.258 e. The van der Waals surface area contributed by atoms with E-state index in [4.69, 9.17) is 0 Å². The molecule has 0 fully saturated rings. The third-order valence-corrected chi connectivity index (χ3v) is 2.90. The molecule has 0 bridgehead atoms. The Bertz CT molecular complexity index is 754. The van der Waals surface area contributed by atoms with Gasteiger partial charge in [0.2, 0.25) is 11.9 Å². The molecule has 0 unspecified atom stereocenters. The summed E-state index contributed by atoms with van der Waals surface area (Å²) in [7, 11) is 0. The number of nitro groups is 1. The van der Waals surface area contributed by atoms with Crippen LogP contribution in [0.25, 0.3) is 16.5 Å². The lowest BCUT2D eigenvalue weighted by Crippen LogP contribution is -2.34. The third kappa shape index (κ3) is 2.13. The molecule has 5 heteroatoms. The summed E-state index contributed by atoms with van der Waals surface area (Å²) in [6.07, 6.45) is 3.67. The molecular weight excluding hydrogens is 242 g/mol. The quantitative estimate of drug-likeness (QED) is 0.400. The molecule has 0 aliphatic heterocycles. The van der Waals surface area contributed by atoms with Crippen LogP contribution in [0, 0.1) is 10.1 Å². The van der Waals surface area contributed by atoms with Gasteiger partial charge >= 0.3 is 0 Å². The molecule has 0 aliphatic carbocycles. The van der Waals surface area contributed by atoms with Crippen molar-refractivity contribution in [3.63, 3.8) is 0 Å². The molecular formula is C14H10N3O2+. The van der Waals surface area contributed by atoms with Gasteiger partial charge in [0.05, 0.1) is 10.3 Å². The highest BCUT2D eigenvalue weighted by atomic mass is 16.6. The molecule has 0 spiro atoms. The highest BCUT2D eigenvalue weighted by Crippen LogP contribution is 2.13. The van der Waals surface area contributed by atoms with E-state index in [0.29, 0.717) is 0 Å². The highest BCUT2D eigenvalue weighted by molar-refractivity contribution is 5.79. The van der Waals surface area contributed by atoms with Crippen LogP contribution in [0.4, 0.5) is 5.69 Å². The molecule has 5 nitrogen and oxygen atoms in total. The van der Waals surface area contributed by atoms with Gasteiger partial charge < -0.3 is 0 Å². The summed E-state index contributed by atoms with van der Waals surface area (Å²) in [6.45, 7) is 0. The molecule has 92 valence electrons. The maximum absolute atomic E-state index is 10.6. The summed E-state index contributed by atoms with van der Waals surface area (Å²) < 4.78 is 1.70. The van der Waals surface area contributed by atoms with Crippen molar-refractivity contribution in [3.8, 4) is 5.69 Å². The number of fused-ring (bicyclic) bond motifs is 1. The number of hydrogen-bond donors (Lipinski definition) is 0. The molecule has 2 aromatic carbocycles. The Morgan fingerprint density at radius 2 is 1.68 bits per heavy atom. The van der Waals surface area contributed by atoms with Gasteiger partial charge in [0.15, 0.2) is 0 Å². The van der Waals surface area contributed by atoms with E-state index in [2.05, 4.69) is 5.10 Å². The van der Waals surface area contributed by atoms with Crippen LogP contribution in [0.3, 0.4) is 0 Å². The minimum atomic E-state index is -0.414. The van der Waals surface area contributed by atoms with Crippen molar-refractivity contribution < 1.29 is 9.61 Å². The number of nitrogens with zero attached hydrogens (tertiary/aromatic N) is 3. The van der Waals surface area contributed by atoms with Crippen molar-refractivity contribution in [3.05, 3.63) is 71.0 Å². The SMILES string of the molecule is O=[N+]([O-])c1ccc(-[n+]2cc3ccccc3cn2)cc1. The summed E-state index contributed by atoms with van der Waals surface area (Å²) >= 11 is 0. The van der Waals surface area contributed by atoms with E-state index in [1.807, 2.05) is 30.5 Å². The molecule has 0 N–H and O–H groups in total. The van der Waals surface area contributed by atoms with E-state index in [-0.39, 0.29) is 5.69 Å². The summed E-state index contributed by atoms with van der Waals surface area (Å²) in [5.41, 5.74) is 0.862. The second kappa shape index (κ2) is 4.45. The first-order valence-corrected chi connectivity index (χ1v) is 5.75. The fourth-order valence-corrected chi connectivity index (χ4v) is 1.90. The average molecular weight is 252 g/mol. The van der Waals surface area contributed by atoms with Gasteiger partial charge in [-0.1, -0.05) is 22.9 Å². The minimum absolute atomic E-state index is 0.0742. The largest absolute Gasteiger partial charge is 0.269 e. The molecule has 0 saturated heterocycles. The normalized spacial score (nSPS) is 10.5. The summed E-state index contributed by atoms with van der Waals surface area (Å²) in [5.74, 6) is 0. The molecule has 0 saturated carbocycles. The molecule has 0 atom stereocenters. The van der Waals surface area contributed by atoms with Gasteiger partial charge in [0.25, 0.3) is 5.69 Å². The highest BCUT2D eigenvalue weighted by Gasteiger charge is 2.12. The van der Waals surface area contributed by atoms with E-state index < -0.39 is 4.92 Å². The molecule has 1 aromatic heterocycles. The zero-order valence-corrected chi connectivity index (χ0v) is 9.93. The van der Waals surface area contributed by atoms with Crippen LogP contribution in [-0.4, -0.2) is 10.0 Å². The van der Waals surface area contributed by atoms with Crippen molar-refractivity contribution in [2.24, 2.45) is 0 Å². The number of nitro benzene ring substituents is 1. The number of hydrogen-bond acceptors (Lipinski definition) is 3. The van der Waals surface area contributed by atoms with Gasteiger partial charge in [-0.2, -0.15) is 0 Å². The topological polar surface area (TPSA) is 59.9 Å². The van der Waals surface area contributed by atoms with Crippen LogP contribution >= 0.6 is 0 Å². The average Bonchev–Trinajstić information content (AvgIpc) is 2.47. The lowest BCUT2D eigenvalue weighted by molar-refractivity contribution is -0.658. The molecule has 0 radical (unpaired) electrons. The molecule has 3 rings (SSSR count). The Morgan fingerprint density at radius 1 is 1.00 bits per heavy atom. The monoisotopic (exact) mass is 252 g/mol. The Balaban J connectivity index is 2.06. The standard InChI is InChI=1S/C14H10N3O2/c18-17(19)14-7-5-13(6-8-14)16-10-12-4-2-1-3-11(12)9-15-16/h1-10H/q+1. The van der Waals surface area contributed by atoms with Gasteiger partial charge in [-0.25, -0.2) is 0 Å². The van der Waals surface area contributed by atoms with Gasteiger partial charge in [-0.3, -0.25) is 10.1 Å². The van der Waals surface area contributed by atoms with Gasteiger partial charge in [0.1, 0.15) is 6.20 Å². The van der Waals surface area contributed by atoms with Crippen LogP contribution in [0.5, 0.6) is 0 Å². The van der Waals surface area contributed by atoms with Gasteiger partial charge in [-0.15, -0.1) is 0 Å². The van der Waals surface area contributed by atoms with E-state index in [9.17, 15) is 10.1 Å². The third-order valence-electron chi connectivity index (χ3n) is 2.90. The van der Waals surface area contributed by atoms with Crippen molar-refractivity contribution >= 4 is 16.5 Å². The van der Waals surface area contributed by atoms with E-state index in [1.165, 1.54) is 12.1 Å². The van der Waals surface area contributed by atoms with Crippen LogP contribution < -0.4 is 4.68 Å². The molecule has 19 heavy (non-hydrogen) atoms. The molecule has 1 heterocycles. The number of aromatic nitrogens is 2. The second-order valence-corrected chi connectivity index (χ2v) is 4.12. The molecule has 0 aliphatic rings. The van der Waals surface area contributed by atoms with E-state index in [0.717, 1.165) is 16.5 Å². The Hall–Kier alpha value is -2.82. The summed E-state index contributed by atoms with van der Waals surface area (Å²) in [6, 6.07) is 14.2. The number of non-ortho nitro benzene ring substituents is 1. The van der Waals surface area contributed by atoms with Crippen molar-refractivity contribution in [2.45, 2.75) is 0 Å². The Kier molecular flexibility index (Phi) is 2.64. The molecule has 3 aromatic rings. The van der Waals surface area contributed by atoms with Crippen LogP contribution in [0.15, 0.2) is 60.9 Å². The first-order chi connectivity index (χ1) is 9.24. The maximum atomic E-state index is 10.6. The Morgan fingerprint density at radius 3 is 2.37 bits per heavy atom. The summed E-state index contributed by atoms with van der Waals surface area (Å²) in [5, 5.41) is 17.0. The number of benzene rings is 2. The Labute approximate surface area is 108 Å². The van der Waals surface area contributed by atoms with Gasteiger partial charge in [0, 0.05) is 29.7 Å². The predicted octanol–water partition coefficient (Wildman–Crippen LogP) is 2.42. The zero-order chi connectivity index (χ0) is 13.2. The lowest BCUT2D eigenvalue weighted by Gasteiger charge is -1.96. The first kappa shape index (κ1) is 11.3. The maximum Gasteiger partial charge on any atom is 0.269 e. The number of rotatable bonds is 2.